The number of nitrogens with zero attached hydrogens (tertiary/aromatic N) is 5. The van der Waals surface area contributed by atoms with Gasteiger partial charge < -0.3 is 4.74 Å². The minimum atomic E-state index is -0.469. The molecule has 0 saturated heterocycles. The standard InChI is InChI=1S/C12H10ClN5O2/c1-2-20-11(19)9-4-6-18(16-9)12-15-14-10-7-8(13)3-5-17(10)12/h3-7H,2H2,1H3. The minimum absolute atomic E-state index is 0.220. The van der Waals surface area contributed by atoms with Gasteiger partial charge in [0.05, 0.1) is 6.61 Å². The zero-order valence-electron chi connectivity index (χ0n) is 10.5. The van der Waals surface area contributed by atoms with Gasteiger partial charge in [-0.1, -0.05) is 11.6 Å². The van der Waals surface area contributed by atoms with E-state index in [9.17, 15) is 4.79 Å². The quantitative estimate of drug-likeness (QED) is 0.687. The number of esters is 1. The highest BCUT2D eigenvalue weighted by molar-refractivity contribution is 6.30. The van der Waals surface area contributed by atoms with Gasteiger partial charge in [0.2, 0.25) is 0 Å². The Bertz CT molecular complexity index is 779. The number of halogens is 1. The summed E-state index contributed by atoms with van der Waals surface area (Å²) in [6.45, 7) is 2.04. The maximum atomic E-state index is 11.6. The van der Waals surface area contributed by atoms with Crippen LogP contribution < -0.4 is 0 Å². The molecule has 0 amide bonds. The Morgan fingerprint density at radius 2 is 2.20 bits per heavy atom. The van der Waals surface area contributed by atoms with Gasteiger partial charge in [-0.25, -0.2) is 9.48 Å². The molecule has 0 aromatic carbocycles. The van der Waals surface area contributed by atoms with Crippen LogP contribution in [0.25, 0.3) is 11.6 Å². The summed E-state index contributed by atoms with van der Waals surface area (Å²) >= 11 is 5.89. The first kappa shape index (κ1) is 12.6. The van der Waals surface area contributed by atoms with Crippen molar-refractivity contribution in [3.63, 3.8) is 0 Å². The van der Waals surface area contributed by atoms with Crippen LogP contribution in [0.2, 0.25) is 5.02 Å². The van der Waals surface area contributed by atoms with Crippen LogP contribution in [0, 0.1) is 0 Å². The fourth-order valence-electron chi connectivity index (χ4n) is 1.76. The summed E-state index contributed by atoms with van der Waals surface area (Å²) in [6.07, 6.45) is 3.36. The maximum Gasteiger partial charge on any atom is 0.358 e. The van der Waals surface area contributed by atoms with Crippen molar-refractivity contribution >= 4 is 23.2 Å². The highest BCUT2D eigenvalue weighted by Crippen LogP contribution is 2.14. The summed E-state index contributed by atoms with van der Waals surface area (Å²) in [5.74, 6) is -0.00432. The number of fused-ring (bicyclic) bond motifs is 1. The second-order valence-electron chi connectivity index (χ2n) is 3.94. The zero-order valence-corrected chi connectivity index (χ0v) is 11.3. The van der Waals surface area contributed by atoms with Crippen LogP contribution in [0.1, 0.15) is 17.4 Å². The number of ether oxygens (including phenoxy) is 1. The number of hydrogen-bond acceptors (Lipinski definition) is 5. The lowest BCUT2D eigenvalue weighted by atomic mass is 10.4. The average Bonchev–Trinajstić information content (AvgIpc) is 3.04. The third-order valence-electron chi connectivity index (χ3n) is 2.63. The van der Waals surface area contributed by atoms with Gasteiger partial charge in [0.25, 0.3) is 5.95 Å². The van der Waals surface area contributed by atoms with Crippen LogP contribution >= 0.6 is 11.6 Å². The van der Waals surface area contributed by atoms with Gasteiger partial charge in [-0.3, -0.25) is 4.40 Å². The van der Waals surface area contributed by atoms with Crippen LogP contribution in [0.5, 0.6) is 0 Å². The molecule has 0 aliphatic carbocycles. The number of pyridine rings is 1. The van der Waals surface area contributed by atoms with Crippen LogP contribution in [0.4, 0.5) is 0 Å². The molecule has 3 rings (SSSR count). The molecule has 3 aromatic heterocycles. The van der Waals surface area contributed by atoms with Crippen molar-refractivity contribution in [2.75, 3.05) is 6.61 Å². The van der Waals surface area contributed by atoms with E-state index in [0.29, 0.717) is 23.2 Å². The largest absolute Gasteiger partial charge is 0.461 e. The molecule has 102 valence electrons. The van der Waals surface area contributed by atoms with Crippen LogP contribution in [-0.4, -0.2) is 37.0 Å². The molecule has 0 saturated carbocycles. The smallest absolute Gasteiger partial charge is 0.358 e. The summed E-state index contributed by atoms with van der Waals surface area (Å²) in [4.78, 5) is 11.6. The number of carbonyl (C=O) groups is 1. The minimum Gasteiger partial charge on any atom is -0.461 e. The number of rotatable bonds is 3. The molecule has 0 aliphatic heterocycles. The lowest BCUT2D eigenvalue weighted by molar-refractivity contribution is 0.0519. The van der Waals surface area contributed by atoms with Gasteiger partial charge >= 0.3 is 5.97 Å². The van der Waals surface area contributed by atoms with Crippen molar-refractivity contribution in [2.45, 2.75) is 6.92 Å². The van der Waals surface area contributed by atoms with E-state index in [1.165, 1.54) is 4.68 Å². The topological polar surface area (TPSA) is 74.3 Å². The molecule has 3 aromatic rings. The average molecular weight is 292 g/mol. The number of aromatic nitrogens is 5. The van der Waals surface area contributed by atoms with Crippen molar-refractivity contribution in [1.82, 2.24) is 24.4 Å². The molecular weight excluding hydrogens is 282 g/mol. The van der Waals surface area contributed by atoms with E-state index in [1.54, 1.807) is 41.9 Å². The summed E-state index contributed by atoms with van der Waals surface area (Å²) in [6, 6.07) is 4.97. The van der Waals surface area contributed by atoms with Gasteiger partial charge in [-0.05, 0) is 19.1 Å². The van der Waals surface area contributed by atoms with E-state index in [1.807, 2.05) is 0 Å². The van der Waals surface area contributed by atoms with Crippen molar-refractivity contribution in [1.29, 1.82) is 0 Å². The normalized spacial score (nSPS) is 10.9. The summed E-state index contributed by atoms with van der Waals surface area (Å²) in [7, 11) is 0. The monoisotopic (exact) mass is 291 g/mol. The molecule has 0 N–H and O–H groups in total. The fraction of sp³-hybridized carbons (Fsp3) is 0.167. The van der Waals surface area contributed by atoms with E-state index in [-0.39, 0.29) is 5.69 Å². The van der Waals surface area contributed by atoms with E-state index in [2.05, 4.69) is 15.3 Å². The third kappa shape index (κ3) is 2.12. The predicted molar refractivity (Wildman–Crippen MR) is 71.1 cm³/mol. The van der Waals surface area contributed by atoms with Gasteiger partial charge in [-0.15, -0.1) is 10.2 Å². The second kappa shape index (κ2) is 4.93. The Morgan fingerprint density at radius 3 is 3.00 bits per heavy atom. The first-order chi connectivity index (χ1) is 9.69. The molecule has 0 spiro atoms. The lowest BCUT2D eigenvalue weighted by Gasteiger charge is -1.99. The lowest BCUT2D eigenvalue weighted by Crippen LogP contribution is -2.08. The Morgan fingerprint density at radius 1 is 1.35 bits per heavy atom. The number of hydrogen-bond donors (Lipinski definition) is 0. The molecule has 7 nitrogen and oxygen atoms in total. The number of carbonyl (C=O) groups excluding carboxylic acids is 1. The highest BCUT2D eigenvalue weighted by atomic mass is 35.5. The van der Waals surface area contributed by atoms with E-state index in [4.69, 9.17) is 16.3 Å². The predicted octanol–water partition coefficient (Wildman–Crippen LogP) is 1.75. The SMILES string of the molecule is CCOC(=O)c1ccn(-c2nnc3cc(Cl)ccn23)n1. The van der Waals surface area contributed by atoms with Gasteiger partial charge in [-0.2, -0.15) is 5.10 Å². The van der Waals surface area contributed by atoms with Crippen LogP contribution in [-0.2, 0) is 4.74 Å². The molecule has 0 atom stereocenters. The molecule has 0 radical (unpaired) electrons. The Hall–Kier alpha value is -2.41. The van der Waals surface area contributed by atoms with E-state index >= 15 is 0 Å². The molecule has 8 heteroatoms. The van der Waals surface area contributed by atoms with E-state index in [0.717, 1.165) is 0 Å². The fourth-order valence-corrected chi connectivity index (χ4v) is 1.91. The molecule has 20 heavy (non-hydrogen) atoms. The van der Waals surface area contributed by atoms with Crippen molar-refractivity contribution in [3.8, 4) is 5.95 Å². The molecular formula is C12H10ClN5O2. The summed E-state index contributed by atoms with van der Waals surface area (Å²) in [5, 5.41) is 12.7. The maximum absolute atomic E-state index is 11.6. The Kier molecular flexibility index (Phi) is 3.11. The molecule has 3 heterocycles. The summed E-state index contributed by atoms with van der Waals surface area (Å²) < 4.78 is 8.06. The van der Waals surface area contributed by atoms with Crippen LogP contribution in [0.3, 0.4) is 0 Å². The molecule has 0 bridgehead atoms. The summed E-state index contributed by atoms with van der Waals surface area (Å²) in [5.41, 5.74) is 0.818. The molecule has 0 unspecified atom stereocenters. The highest BCUT2D eigenvalue weighted by Gasteiger charge is 2.14. The van der Waals surface area contributed by atoms with Gasteiger partial charge in [0.1, 0.15) is 0 Å². The zero-order chi connectivity index (χ0) is 14.1. The van der Waals surface area contributed by atoms with Crippen molar-refractivity contribution < 1.29 is 9.53 Å². The second-order valence-corrected chi connectivity index (χ2v) is 4.38. The molecule has 0 fully saturated rings. The third-order valence-corrected chi connectivity index (χ3v) is 2.87. The van der Waals surface area contributed by atoms with Gasteiger partial charge in [0.15, 0.2) is 11.3 Å². The Labute approximate surface area is 118 Å². The van der Waals surface area contributed by atoms with Crippen LogP contribution in [0.15, 0.2) is 30.6 Å². The van der Waals surface area contributed by atoms with E-state index < -0.39 is 5.97 Å². The van der Waals surface area contributed by atoms with Crippen molar-refractivity contribution in [3.05, 3.63) is 41.3 Å². The molecule has 0 aliphatic rings. The first-order valence-corrected chi connectivity index (χ1v) is 6.30. The Balaban J connectivity index is 2.01. The first-order valence-electron chi connectivity index (χ1n) is 5.92. The van der Waals surface area contributed by atoms with Crippen molar-refractivity contribution in [2.24, 2.45) is 0 Å². The van der Waals surface area contributed by atoms with Gasteiger partial charge in [0, 0.05) is 23.5 Å².